The van der Waals surface area contributed by atoms with Gasteiger partial charge in [0.1, 0.15) is 6.10 Å². The molecule has 0 unspecified atom stereocenters. The third kappa shape index (κ3) is 7.32. The van der Waals surface area contributed by atoms with Crippen molar-refractivity contribution in [1.29, 1.82) is 0 Å². The van der Waals surface area contributed by atoms with Crippen molar-refractivity contribution in [3.63, 3.8) is 0 Å². The Hall–Kier alpha value is -0.990. The smallest absolute Gasteiger partial charge is 0.330 e. The molecule has 0 saturated carbocycles. The van der Waals surface area contributed by atoms with E-state index in [0.717, 1.165) is 5.57 Å². The van der Waals surface area contributed by atoms with Crippen molar-refractivity contribution in [2.75, 3.05) is 27.9 Å². The highest BCUT2D eigenvalue weighted by molar-refractivity contribution is 5.83. The molecule has 6 atom stereocenters. The van der Waals surface area contributed by atoms with Gasteiger partial charge in [0.05, 0.1) is 31.0 Å². The van der Waals surface area contributed by atoms with Crippen LogP contribution in [0.15, 0.2) is 11.6 Å². The van der Waals surface area contributed by atoms with Gasteiger partial charge in [-0.15, -0.1) is 0 Å². The standard InChI is InChI=1S/C19H34O7/c1-12(21)6-15(23-3)7-14-8-18(26-19(22)9-14)13(2)17(25-5)10-16(11-20)24-4/h9,12-13,15-18,20-21H,6-8,10-11H2,1-5H3/t12-,13-,15+,16-,17-,18-/m1/s1. The van der Waals surface area contributed by atoms with Crippen LogP contribution in [0.3, 0.4) is 0 Å². The summed E-state index contributed by atoms with van der Waals surface area (Å²) in [6, 6.07) is 0. The number of aliphatic hydroxyl groups is 2. The van der Waals surface area contributed by atoms with E-state index in [1.165, 1.54) is 6.08 Å². The summed E-state index contributed by atoms with van der Waals surface area (Å²) in [7, 11) is 4.76. The van der Waals surface area contributed by atoms with Crippen LogP contribution in [0.2, 0.25) is 0 Å². The highest BCUT2D eigenvalue weighted by atomic mass is 16.5. The maximum atomic E-state index is 12.0. The van der Waals surface area contributed by atoms with E-state index in [4.69, 9.17) is 18.9 Å². The highest BCUT2D eigenvalue weighted by Gasteiger charge is 2.33. The quantitative estimate of drug-likeness (QED) is 0.499. The Labute approximate surface area is 156 Å². The summed E-state index contributed by atoms with van der Waals surface area (Å²) in [4.78, 5) is 12.0. The molecule has 0 radical (unpaired) electrons. The fraction of sp³-hybridized carbons (Fsp3) is 0.842. The molecule has 1 aliphatic heterocycles. The van der Waals surface area contributed by atoms with Crippen LogP contribution in [0, 0.1) is 5.92 Å². The summed E-state index contributed by atoms with van der Waals surface area (Å²) < 4.78 is 21.7. The van der Waals surface area contributed by atoms with E-state index in [1.807, 2.05) is 6.92 Å². The molecular formula is C19H34O7. The van der Waals surface area contributed by atoms with Gasteiger partial charge in [-0.2, -0.15) is 0 Å². The van der Waals surface area contributed by atoms with Crippen LogP contribution in [0.5, 0.6) is 0 Å². The summed E-state index contributed by atoms with van der Waals surface area (Å²) >= 11 is 0. The molecule has 0 bridgehead atoms. The number of ether oxygens (including phenoxy) is 4. The van der Waals surface area contributed by atoms with Crippen LogP contribution in [-0.2, 0) is 23.7 Å². The fourth-order valence-corrected chi connectivity index (χ4v) is 3.35. The van der Waals surface area contributed by atoms with Gasteiger partial charge in [0.25, 0.3) is 0 Å². The van der Waals surface area contributed by atoms with E-state index >= 15 is 0 Å². The topological polar surface area (TPSA) is 94.5 Å². The van der Waals surface area contributed by atoms with E-state index in [1.54, 1.807) is 28.3 Å². The van der Waals surface area contributed by atoms with Gasteiger partial charge in [-0.05, 0) is 19.8 Å². The van der Waals surface area contributed by atoms with Gasteiger partial charge < -0.3 is 29.2 Å². The molecule has 0 spiro atoms. The molecule has 7 heteroatoms. The molecule has 0 aliphatic carbocycles. The Morgan fingerprint density at radius 3 is 2.31 bits per heavy atom. The van der Waals surface area contributed by atoms with Crippen molar-refractivity contribution >= 4 is 5.97 Å². The minimum atomic E-state index is -0.465. The van der Waals surface area contributed by atoms with Gasteiger partial charge in [0.15, 0.2) is 0 Å². The molecule has 2 N–H and O–H groups in total. The zero-order valence-corrected chi connectivity index (χ0v) is 16.5. The number of rotatable bonds is 12. The molecule has 0 amide bonds. The summed E-state index contributed by atoms with van der Waals surface area (Å²) in [5.74, 6) is -0.426. The number of methoxy groups -OCH3 is 3. The molecule has 1 heterocycles. The van der Waals surface area contributed by atoms with Crippen molar-refractivity contribution < 1.29 is 34.0 Å². The van der Waals surface area contributed by atoms with E-state index in [9.17, 15) is 15.0 Å². The number of carbonyl (C=O) groups excluding carboxylic acids is 1. The normalized spacial score (nSPS) is 23.6. The minimum Gasteiger partial charge on any atom is -0.458 e. The van der Waals surface area contributed by atoms with Gasteiger partial charge in [-0.1, -0.05) is 12.5 Å². The second-order valence-electron chi connectivity index (χ2n) is 7.04. The molecule has 1 aliphatic rings. The van der Waals surface area contributed by atoms with Crippen LogP contribution in [0.1, 0.15) is 39.5 Å². The largest absolute Gasteiger partial charge is 0.458 e. The average Bonchev–Trinajstić information content (AvgIpc) is 2.61. The number of cyclic esters (lactones) is 1. The lowest BCUT2D eigenvalue weighted by Crippen LogP contribution is -2.39. The first-order chi connectivity index (χ1) is 12.3. The third-order valence-electron chi connectivity index (χ3n) is 4.99. The van der Waals surface area contributed by atoms with E-state index in [0.29, 0.717) is 25.7 Å². The van der Waals surface area contributed by atoms with Crippen LogP contribution in [0.25, 0.3) is 0 Å². The zero-order valence-electron chi connectivity index (χ0n) is 16.5. The van der Waals surface area contributed by atoms with Gasteiger partial charge in [-0.25, -0.2) is 4.79 Å². The lowest BCUT2D eigenvalue weighted by Gasteiger charge is -2.34. The summed E-state index contributed by atoms with van der Waals surface area (Å²) in [5.41, 5.74) is 0.950. The van der Waals surface area contributed by atoms with E-state index in [2.05, 4.69) is 0 Å². The molecular weight excluding hydrogens is 340 g/mol. The first-order valence-corrected chi connectivity index (χ1v) is 9.11. The van der Waals surface area contributed by atoms with Crippen LogP contribution >= 0.6 is 0 Å². The molecule has 0 aromatic heterocycles. The Bertz CT molecular complexity index is 445. The number of carbonyl (C=O) groups is 1. The Balaban J connectivity index is 2.75. The van der Waals surface area contributed by atoms with Gasteiger partial charge in [0.2, 0.25) is 0 Å². The molecule has 0 aromatic rings. The van der Waals surface area contributed by atoms with Gasteiger partial charge in [-0.3, -0.25) is 0 Å². The Morgan fingerprint density at radius 1 is 1.15 bits per heavy atom. The van der Waals surface area contributed by atoms with Crippen molar-refractivity contribution in [1.82, 2.24) is 0 Å². The van der Waals surface area contributed by atoms with Crippen LogP contribution < -0.4 is 0 Å². The Morgan fingerprint density at radius 2 is 1.81 bits per heavy atom. The van der Waals surface area contributed by atoms with Crippen molar-refractivity contribution in [2.24, 2.45) is 5.92 Å². The molecule has 0 aromatic carbocycles. The summed E-state index contributed by atoms with van der Waals surface area (Å²) in [5, 5.41) is 18.9. The number of hydrogen-bond acceptors (Lipinski definition) is 7. The fourth-order valence-electron chi connectivity index (χ4n) is 3.35. The predicted molar refractivity (Wildman–Crippen MR) is 96.8 cm³/mol. The first kappa shape index (κ1) is 23.0. The van der Waals surface area contributed by atoms with Crippen LogP contribution in [0.4, 0.5) is 0 Å². The van der Waals surface area contributed by atoms with Crippen molar-refractivity contribution in [2.45, 2.75) is 70.1 Å². The molecule has 152 valence electrons. The van der Waals surface area contributed by atoms with Gasteiger partial charge in [0, 0.05) is 46.2 Å². The molecule has 0 saturated heterocycles. The predicted octanol–water partition coefficient (Wildman–Crippen LogP) is 1.45. The monoisotopic (exact) mass is 374 g/mol. The third-order valence-corrected chi connectivity index (χ3v) is 4.99. The zero-order chi connectivity index (χ0) is 19.7. The minimum absolute atomic E-state index is 0.0605. The van der Waals surface area contributed by atoms with E-state index in [-0.39, 0.29) is 42.9 Å². The molecule has 26 heavy (non-hydrogen) atoms. The maximum Gasteiger partial charge on any atom is 0.330 e. The first-order valence-electron chi connectivity index (χ1n) is 9.11. The Kier molecular flexibility index (Phi) is 10.3. The lowest BCUT2D eigenvalue weighted by atomic mass is 9.87. The molecule has 0 fully saturated rings. The highest BCUT2D eigenvalue weighted by Crippen LogP contribution is 2.30. The molecule has 1 rings (SSSR count). The average molecular weight is 374 g/mol. The molecule has 7 nitrogen and oxygen atoms in total. The SMILES string of the molecule is CO[C@H](CC1=CC(=O)O[C@@H]([C@H](C)[C@@H](C[C@H](CO)OC)OC)C1)C[C@@H](C)O. The van der Waals surface area contributed by atoms with Gasteiger partial charge >= 0.3 is 5.97 Å². The number of aliphatic hydroxyl groups excluding tert-OH is 2. The van der Waals surface area contributed by atoms with Crippen molar-refractivity contribution in [3.8, 4) is 0 Å². The summed E-state index contributed by atoms with van der Waals surface area (Å²) in [6.07, 6.45) is 2.27. The van der Waals surface area contributed by atoms with Crippen molar-refractivity contribution in [3.05, 3.63) is 11.6 Å². The lowest BCUT2D eigenvalue weighted by molar-refractivity contribution is -0.151. The number of esters is 1. The second kappa shape index (κ2) is 11.7. The maximum absolute atomic E-state index is 12.0. The number of hydrogen-bond donors (Lipinski definition) is 2. The van der Waals surface area contributed by atoms with Crippen LogP contribution in [-0.4, -0.2) is 74.6 Å². The van der Waals surface area contributed by atoms with E-state index < -0.39 is 6.10 Å². The second-order valence-corrected chi connectivity index (χ2v) is 7.04. The summed E-state index contributed by atoms with van der Waals surface area (Å²) in [6.45, 7) is 3.60.